The van der Waals surface area contributed by atoms with E-state index in [-0.39, 0.29) is 5.82 Å². The van der Waals surface area contributed by atoms with Crippen LogP contribution in [0, 0.1) is 5.82 Å². The number of hydrogen-bond acceptors (Lipinski definition) is 1. The van der Waals surface area contributed by atoms with Crippen LogP contribution < -0.4 is 5.73 Å². The normalized spacial score (nSPS) is 15.3. The number of halogens is 1. The summed E-state index contributed by atoms with van der Waals surface area (Å²) in [6.45, 7) is 0.376. The molecule has 0 radical (unpaired) electrons. The molecule has 0 atom stereocenters. The highest BCUT2D eigenvalue weighted by molar-refractivity contribution is 5.69. The maximum absolute atomic E-state index is 14.2. The van der Waals surface area contributed by atoms with E-state index in [1.807, 2.05) is 30.3 Å². The van der Waals surface area contributed by atoms with Crippen molar-refractivity contribution in [1.82, 2.24) is 0 Å². The van der Waals surface area contributed by atoms with Crippen LogP contribution in [0.2, 0.25) is 0 Å². The molecule has 2 N–H and O–H groups in total. The third kappa shape index (κ3) is 2.28. The Labute approximate surface area is 113 Å². The first-order chi connectivity index (χ1) is 9.29. The Balaban J connectivity index is 2.06. The lowest BCUT2D eigenvalue weighted by atomic mass is 9.77. The summed E-state index contributed by atoms with van der Waals surface area (Å²) in [5, 5.41) is 0. The van der Waals surface area contributed by atoms with Crippen molar-refractivity contribution in [3.63, 3.8) is 0 Å². The fourth-order valence-corrected chi connectivity index (χ4v) is 2.72. The fraction of sp³-hybridized carbons (Fsp3) is 0.294. The number of benzene rings is 2. The Morgan fingerprint density at radius 2 is 1.84 bits per heavy atom. The third-order valence-electron chi connectivity index (χ3n) is 4.07. The van der Waals surface area contributed by atoms with E-state index in [0.717, 1.165) is 11.1 Å². The minimum absolute atomic E-state index is 0.172. The molecule has 98 valence electrons. The van der Waals surface area contributed by atoms with Crippen LogP contribution in [0.4, 0.5) is 4.39 Å². The zero-order valence-corrected chi connectivity index (χ0v) is 10.9. The van der Waals surface area contributed by atoms with Gasteiger partial charge in [0.15, 0.2) is 0 Å². The molecule has 1 aliphatic rings. The van der Waals surface area contributed by atoms with E-state index in [4.69, 9.17) is 5.73 Å². The molecule has 1 nitrogen and oxygen atoms in total. The second kappa shape index (κ2) is 5.14. The maximum Gasteiger partial charge on any atom is 0.131 e. The van der Waals surface area contributed by atoms with Crippen molar-refractivity contribution in [3.05, 3.63) is 59.4 Å². The van der Waals surface area contributed by atoms with E-state index >= 15 is 0 Å². The highest BCUT2D eigenvalue weighted by atomic mass is 19.1. The van der Waals surface area contributed by atoms with Crippen molar-refractivity contribution >= 4 is 0 Å². The Hall–Kier alpha value is -1.67. The predicted octanol–water partition coefficient (Wildman–Crippen LogP) is 4.22. The number of hydrogen-bond donors (Lipinski definition) is 1. The lowest BCUT2D eigenvalue weighted by Crippen LogP contribution is -2.10. The summed E-state index contributed by atoms with van der Waals surface area (Å²) in [6.07, 6.45) is 3.73. The van der Waals surface area contributed by atoms with Crippen molar-refractivity contribution in [2.75, 3.05) is 0 Å². The summed E-state index contributed by atoms with van der Waals surface area (Å²) in [4.78, 5) is 0. The molecular formula is C17H18FN. The van der Waals surface area contributed by atoms with Gasteiger partial charge in [-0.1, -0.05) is 42.8 Å². The standard InChI is InChI=1S/C17H18FN/c18-17-10-12(11-19)8-9-16(17)15-7-2-1-6-14(15)13-4-3-5-13/h1-2,6-10,13H,3-5,11,19H2. The lowest BCUT2D eigenvalue weighted by molar-refractivity contribution is 0.420. The van der Waals surface area contributed by atoms with Crippen LogP contribution >= 0.6 is 0 Å². The summed E-state index contributed by atoms with van der Waals surface area (Å²) in [6, 6.07) is 13.5. The van der Waals surface area contributed by atoms with Gasteiger partial charge in [0.1, 0.15) is 5.82 Å². The molecule has 1 saturated carbocycles. The van der Waals surface area contributed by atoms with Crippen LogP contribution in [-0.4, -0.2) is 0 Å². The summed E-state index contributed by atoms with van der Waals surface area (Å²) in [7, 11) is 0. The largest absolute Gasteiger partial charge is 0.326 e. The number of rotatable bonds is 3. The highest BCUT2D eigenvalue weighted by Crippen LogP contribution is 2.41. The van der Waals surface area contributed by atoms with Crippen LogP contribution in [0.1, 0.15) is 36.3 Å². The first kappa shape index (κ1) is 12.4. The van der Waals surface area contributed by atoms with Crippen molar-refractivity contribution in [2.24, 2.45) is 5.73 Å². The molecule has 1 fully saturated rings. The summed E-state index contributed by atoms with van der Waals surface area (Å²) in [5.74, 6) is 0.430. The van der Waals surface area contributed by atoms with Crippen LogP contribution in [0.15, 0.2) is 42.5 Å². The van der Waals surface area contributed by atoms with Crippen LogP contribution in [0.5, 0.6) is 0 Å². The van der Waals surface area contributed by atoms with Crippen molar-refractivity contribution in [1.29, 1.82) is 0 Å². The third-order valence-corrected chi connectivity index (χ3v) is 4.07. The Bertz CT molecular complexity index is 588. The first-order valence-corrected chi connectivity index (χ1v) is 6.87. The van der Waals surface area contributed by atoms with Gasteiger partial charge >= 0.3 is 0 Å². The fourth-order valence-electron chi connectivity index (χ4n) is 2.72. The van der Waals surface area contributed by atoms with Crippen LogP contribution in [-0.2, 0) is 6.54 Å². The molecule has 0 heterocycles. The van der Waals surface area contributed by atoms with Crippen LogP contribution in [0.25, 0.3) is 11.1 Å². The van der Waals surface area contributed by atoms with Crippen molar-refractivity contribution < 1.29 is 4.39 Å². The van der Waals surface area contributed by atoms with E-state index in [1.54, 1.807) is 6.07 Å². The lowest BCUT2D eigenvalue weighted by Gasteiger charge is -2.28. The van der Waals surface area contributed by atoms with E-state index in [2.05, 4.69) is 6.07 Å². The van der Waals surface area contributed by atoms with E-state index in [9.17, 15) is 4.39 Å². The molecular weight excluding hydrogens is 237 g/mol. The summed E-state index contributed by atoms with van der Waals surface area (Å²) in [5.41, 5.74) is 9.40. The summed E-state index contributed by atoms with van der Waals surface area (Å²) < 4.78 is 14.2. The second-order valence-electron chi connectivity index (χ2n) is 5.23. The van der Waals surface area contributed by atoms with Gasteiger partial charge < -0.3 is 5.73 Å². The predicted molar refractivity (Wildman–Crippen MR) is 76.3 cm³/mol. The highest BCUT2D eigenvalue weighted by Gasteiger charge is 2.23. The molecule has 2 heteroatoms. The smallest absolute Gasteiger partial charge is 0.131 e. The average Bonchev–Trinajstić information content (AvgIpc) is 2.37. The number of nitrogens with two attached hydrogens (primary N) is 1. The molecule has 1 aliphatic carbocycles. The van der Waals surface area contributed by atoms with Gasteiger partial charge in [0.05, 0.1) is 0 Å². The molecule has 0 amide bonds. The Morgan fingerprint density at radius 1 is 1.05 bits per heavy atom. The molecule has 0 saturated heterocycles. The average molecular weight is 255 g/mol. The summed E-state index contributed by atoms with van der Waals surface area (Å²) >= 11 is 0. The van der Waals surface area contributed by atoms with E-state index in [0.29, 0.717) is 18.0 Å². The topological polar surface area (TPSA) is 26.0 Å². The van der Waals surface area contributed by atoms with Gasteiger partial charge in [-0.25, -0.2) is 4.39 Å². The minimum Gasteiger partial charge on any atom is -0.326 e. The van der Waals surface area contributed by atoms with Gasteiger partial charge in [-0.05, 0) is 41.5 Å². The zero-order chi connectivity index (χ0) is 13.2. The Kier molecular flexibility index (Phi) is 3.34. The van der Waals surface area contributed by atoms with Gasteiger partial charge in [0.2, 0.25) is 0 Å². The maximum atomic E-state index is 14.2. The van der Waals surface area contributed by atoms with Gasteiger partial charge in [-0.2, -0.15) is 0 Å². The van der Waals surface area contributed by atoms with Gasteiger partial charge in [-0.15, -0.1) is 0 Å². The molecule has 0 spiro atoms. The molecule has 19 heavy (non-hydrogen) atoms. The molecule has 0 bridgehead atoms. The monoisotopic (exact) mass is 255 g/mol. The van der Waals surface area contributed by atoms with Gasteiger partial charge in [0, 0.05) is 12.1 Å². The van der Waals surface area contributed by atoms with E-state index < -0.39 is 0 Å². The van der Waals surface area contributed by atoms with Crippen molar-refractivity contribution in [2.45, 2.75) is 31.7 Å². The molecule has 2 aromatic rings. The molecule has 0 unspecified atom stereocenters. The molecule has 2 aromatic carbocycles. The second-order valence-corrected chi connectivity index (χ2v) is 5.23. The van der Waals surface area contributed by atoms with Crippen molar-refractivity contribution in [3.8, 4) is 11.1 Å². The minimum atomic E-state index is -0.172. The quantitative estimate of drug-likeness (QED) is 0.873. The zero-order valence-electron chi connectivity index (χ0n) is 10.9. The van der Waals surface area contributed by atoms with Crippen LogP contribution in [0.3, 0.4) is 0 Å². The molecule has 3 rings (SSSR count). The molecule has 0 aromatic heterocycles. The van der Waals surface area contributed by atoms with Gasteiger partial charge in [0.25, 0.3) is 0 Å². The van der Waals surface area contributed by atoms with Gasteiger partial charge in [-0.3, -0.25) is 0 Å². The molecule has 0 aliphatic heterocycles. The Morgan fingerprint density at radius 3 is 2.47 bits per heavy atom. The first-order valence-electron chi connectivity index (χ1n) is 6.87. The van der Waals surface area contributed by atoms with E-state index in [1.165, 1.54) is 24.8 Å². The SMILES string of the molecule is NCc1ccc(-c2ccccc2C2CCC2)c(F)c1.